The second-order valence-electron chi connectivity index (χ2n) is 4.71. The molecule has 0 aliphatic heterocycles. The number of hydrogen-bond donors (Lipinski definition) is 0. The van der Waals surface area contributed by atoms with Crippen LogP contribution in [0.1, 0.15) is 29.8 Å². The van der Waals surface area contributed by atoms with Crippen LogP contribution < -0.4 is 0 Å². The normalized spacial score (nSPS) is 14.6. The van der Waals surface area contributed by atoms with E-state index in [4.69, 9.17) is 0 Å². The zero-order chi connectivity index (χ0) is 12.5. The smallest absolute Gasteiger partial charge is 0.124 e. The number of rotatable bonds is 2. The largest absolute Gasteiger partial charge is 0.330 e. The molecule has 0 saturated carbocycles. The molecule has 4 heteroatoms. The van der Waals surface area contributed by atoms with Crippen molar-refractivity contribution in [2.24, 2.45) is 0 Å². The van der Waals surface area contributed by atoms with E-state index in [1.54, 1.807) is 0 Å². The fourth-order valence-corrected chi connectivity index (χ4v) is 2.98. The molecule has 0 spiro atoms. The Morgan fingerprint density at radius 1 is 1.28 bits per heavy atom. The Balaban J connectivity index is 1.90. The molecule has 0 amide bonds. The van der Waals surface area contributed by atoms with Crippen LogP contribution in [0, 0.1) is 5.82 Å². The zero-order valence-electron chi connectivity index (χ0n) is 10.00. The molecule has 1 aromatic carbocycles. The van der Waals surface area contributed by atoms with Crippen molar-refractivity contribution in [3.63, 3.8) is 0 Å². The Labute approximate surface area is 114 Å². The Morgan fingerprint density at radius 2 is 2.11 bits per heavy atom. The summed E-state index contributed by atoms with van der Waals surface area (Å²) in [6, 6.07) is 4.84. The molecule has 0 unspecified atom stereocenters. The van der Waals surface area contributed by atoms with E-state index in [0.29, 0.717) is 0 Å². The molecule has 1 aromatic heterocycles. The zero-order valence-corrected chi connectivity index (χ0v) is 11.6. The van der Waals surface area contributed by atoms with Crippen LogP contribution in [0.25, 0.3) is 0 Å². The Hall–Kier alpha value is -1.16. The van der Waals surface area contributed by atoms with E-state index in [9.17, 15) is 4.39 Å². The number of aromatic nitrogens is 2. The molecular formula is C14H14BrFN2. The summed E-state index contributed by atoms with van der Waals surface area (Å²) in [4.78, 5) is 4.47. The summed E-state index contributed by atoms with van der Waals surface area (Å²) in [7, 11) is 0. The van der Waals surface area contributed by atoms with Crippen molar-refractivity contribution in [2.75, 3.05) is 0 Å². The second-order valence-corrected chi connectivity index (χ2v) is 5.56. The van der Waals surface area contributed by atoms with E-state index in [-0.39, 0.29) is 5.82 Å². The summed E-state index contributed by atoms with van der Waals surface area (Å²) >= 11 is 3.42. The van der Waals surface area contributed by atoms with Crippen molar-refractivity contribution in [1.82, 2.24) is 9.55 Å². The lowest BCUT2D eigenvalue weighted by molar-refractivity contribution is 0.619. The first-order valence-corrected chi connectivity index (χ1v) is 7.00. The van der Waals surface area contributed by atoms with E-state index in [1.165, 1.54) is 36.4 Å². The van der Waals surface area contributed by atoms with E-state index in [0.717, 1.165) is 29.4 Å². The van der Waals surface area contributed by atoms with E-state index < -0.39 is 0 Å². The molecule has 1 aliphatic carbocycles. The van der Waals surface area contributed by atoms with Crippen LogP contribution >= 0.6 is 15.9 Å². The van der Waals surface area contributed by atoms with Gasteiger partial charge in [-0.25, -0.2) is 9.37 Å². The third-order valence-electron chi connectivity index (χ3n) is 3.47. The molecular weight excluding hydrogens is 295 g/mol. The number of fused-ring (bicyclic) bond motifs is 1. The Morgan fingerprint density at radius 3 is 2.94 bits per heavy atom. The van der Waals surface area contributed by atoms with Crippen LogP contribution in [0.5, 0.6) is 0 Å². The van der Waals surface area contributed by atoms with Gasteiger partial charge in [-0.1, -0.05) is 22.0 Å². The average Bonchev–Trinajstić information content (AvgIpc) is 2.76. The highest BCUT2D eigenvalue weighted by Gasteiger charge is 2.15. The minimum atomic E-state index is -0.210. The lowest BCUT2D eigenvalue weighted by atomic mass is 10.0. The van der Waals surface area contributed by atoms with Gasteiger partial charge in [0.2, 0.25) is 0 Å². The molecule has 1 heterocycles. The summed E-state index contributed by atoms with van der Waals surface area (Å²) < 4.78 is 16.1. The van der Waals surface area contributed by atoms with Gasteiger partial charge in [0.15, 0.2) is 0 Å². The maximum atomic E-state index is 13.1. The Bertz CT molecular complexity index is 577. The van der Waals surface area contributed by atoms with Gasteiger partial charge in [0, 0.05) is 16.7 Å². The van der Waals surface area contributed by atoms with Crippen LogP contribution in [0.3, 0.4) is 0 Å². The maximum Gasteiger partial charge on any atom is 0.124 e. The van der Waals surface area contributed by atoms with Gasteiger partial charge < -0.3 is 4.57 Å². The van der Waals surface area contributed by atoms with Crippen molar-refractivity contribution in [3.8, 4) is 0 Å². The van der Waals surface area contributed by atoms with Crippen molar-refractivity contribution in [1.29, 1.82) is 0 Å². The number of aryl methyl sites for hydroxylation is 1. The number of hydrogen-bond acceptors (Lipinski definition) is 1. The molecule has 94 valence electrons. The molecule has 0 radical (unpaired) electrons. The highest BCUT2D eigenvalue weighted by molar-refractivity contribution is 9.10. The SMILES string of the molecule is Fc1ccc(Cn2cnc3c2CCCC3)c(Br)c1. The second kappa shape index (κ2) is 4.84. The third kappa shape index (κ3) is 2.21. The quantitative estimate of drug-likeness (QED) is 0.827. The first-order chi connectivity index (χ1) is 8.74. The molecule has 0 atom stereocenters. The first kappa shape index (κ1) is 11.9. The van der Waals surface area contributed by atoms with Gasteiger partial charge in [0.25, 0.3) is 0 Å². The predicted octanol–water partition coefficient (Wildman–Crippen LogP) is 3.71. The van der Waals surface area contributed by atoms with Crippen LogP contribution in [-0.2, 0) is 19.4 Å². The van der Waals surface area contributed by atoms with Gasteiger partial charge >= 0.3 is 0 Å². The maximum absolute atomic E-state index is 13.1. The molecule has 2 nitrogen and oxygen atoms in total. The third-order valence-corrected chi connectivity index (χ3v) is 4.20. The van der Waals surface area contributed by atoms with Crippen molar-refractivity contribution < 1.29 is 4.39 Å². The minimum Gasteiger partial charge on any atom is -0.330 e. The lowest BCUT2D eigenvalue weighted by Crippen LogP contribution is -2.09. The fourth-order valence-electron chi connectivity index (χ4n) is 2.50. The van der Waals surface area contributed by atoms with E-state index in [2.05, 4.69) is 25.5 Å². The fraction of sp³-hybridized carbons (Fsp3) is 0.357. The molecule has 0 N–H and O–H groups in total. The van der Waals surface area contributed by atoms with Crippen molar-refractivity contribution >= 4 is 15.9 Å². The standard InChI is InChI=1S/C14H14BrFN2/c15-12-7-11(16)6-5-10(12)8-18-9-17-13-3-1-2-4-14(13)18/h5-7,9H,1-4,8H2. The lowest BCUT2D eigenvalue weighted by Gasteiger charge is -2.14. The summed E-state index contributed by atoms with van der Waals surface area (Å²) in [6.07, 6.45) is 6.58. The number of halogens is 2. The highest BCUT2D eigenvalue weighted by Crippen LogP contribution is 2.23. The first-order valence-electron chi connectivity index (χ1n) is 6.21. The van der Waals surface area contributed by atoms with Crippen molar-refractivity contribution in [2.45, 2.75) is 32.2 Å². The molecule has 0 saturated heterocycles. The summed E-state index contributed by atoms with van der Waals surface area (Å²) in [5, 5.41) is 0. The summed E-state index contributed by atoms with van der Waals surface area (Å²) in [6.45, 7) is 0.753. The summed E-state index contributed by atoms with van der Waals surface area (Å²) in [5.41, 5.74) is 3.67. The predicted molar refractivity (Wildman–Crippen MR) is 72.1 cm³/mol. The number of imidazole rings is 1. The van der Waals surface area contributed by atoms with Gasteiger partial charge in [-0.05, 0) is 43.4 Å². The molecule has 18 heavy (non-hydrogen) atoms. The van der Waals surface area contributed by atoms with Crippen LogP contribution in [0.4, 0.5) is 4.39 Å². The van der Waals surface area contributed by atoms with Gasteiger partial charge in [0.1, 0.15) is 5.82 Å². The molecule has 2 aromatic rings. The summed E-state index contributed by atoms with van der Waals surface area (Å²) in [5.74, 6) is -0.210. The van der Waals surface area contributed by atoms with E-state index >= 15 is 0 Å². The van der Waals surface area contributed by atoms with Gasteiger partial charge in [-0.2, -0.15) is 0 Å². The van der Waals surface area contributed by atoms with Crippen LogP contribution in [0.2, 0.25) is 0 Å². The Kier molecular flexibility index (Phi) is 3.20. The van der Waals surface area contributed by atoms with Gasteiger partial charge in [-0.15, -0.1) is 0 Å². The molecule has 0 bridgehead atoms. The van der Waals surface area contributed by atoms with Crippen LogP contribution in [-0.4, -0.2) is 9.55 Å². The van der Waals surface area contributed by atoms with Crippen LogP contribution in [0.15, 0.2) is 29.0 Å². The van der Waals surface area contributed by atoms with E-state index in [1.807, 2.05) is 12.4 Å². The molecule has 0 fully saturated rings. The van der Waals surface area contributed by atoms with Crippen molar-refractivity contribution in [3.05, 3.63) is 51.8 Å². The monoisotopic (exact) mass is 308 g/mol. The topological polar surface area (TPSA) is 17.8 Å². The number of nitrogens with zero attached hydrogens (tertiary/aromatic N) is 2. The number of benzene rings is 1. The molecule has 1 aliphatic rings. The van der Waals surface area contributed by atoms with Gasteiger partial charge in [-0.3, -0.25) is 0 Å². The van der Waals surface area contributed by atoms with Gasteiger partial charge in [0.05, 0.1) is 12.0 Å². The molecule has 3 rings (SSSR count). The minimum absolute atomic E-state index is 0.210. The average molecular weight is 309 g/mol. The highest BCUT2D eigenvalue weighted by atomic mass is 79.9.